The predicted octanol–water partition coefficient (Wildman–Crippen LogP) is 2.32. The highest BCUT2D eigenvalue weighted by Crippen LogP contribution is 2.00. The molecule has 0 aromatic heterocycles. The van der Waals surface area contributed by atoms with Crippen molar-refractivity contribution in [3.8, 4) is 12.3 Å². The van der Waals surface area contributed by atoms with Gasteiger partial charge in [0.15, 0.2) is 0 Å². The molecule has 0 heterocycles. The van der Waals surface area contributed by atoms with Crippen LogP contribution in [0.5, 0.6) is 0 Å². The molecule has 0 aromatic carbocycles. The zero-order valence-corrected chi connectivity index (χ0v) is 5.44. The lowest BCUT2D eigenvalue weighted by Crippen LogP contribution is -1.56. The van der Waals surface area contributed by atoms with Gasteiger partial charge < -0.3 is 0 Å². The van der Waals surface area contributed by atoms with Gasteiger partial charge in [0.2, 0.25) is 0 Å². The van der Waals surface area contributed by atoms with Crippen LogP contribution in [0.1, 0.15) is 6.92 Å². The molecule has 0 aliphatic carbocycles. The number of hydrogen-bond donors (Lipinski definition) is 0. The molecule has 0 aliphatic heterocycles. The molecule has 0 amide bonds. The maximum Gasteiger partial charge on any atom is 0.0369 e. The van der Waals surface area contributed by atoms with Crippen LogP contribution < -0.4 is 0 Å². The van der Waals surface area contributed by atoms with Crippen LogP contribution in [-0.4, -0.2) is 0 Å². The van der Waals surface area contributed by atoms with Gasteiger partial charge in [-0.1, -0.05) is 23.6 Å². The van der Waals surface area contributed by atoms with Crippen molar-refractivity contribution in [2.24, 2.45) is 0 Å². The number of allylic oxidation sites excluding steroid dienone is 4. The molecular formula is C7H7Cl. The molecule has 0 atom stereocenters. The Morgan fingerprint density at radius 2 is 2.38 bits per heavy atom. The highest BCUT2D eigenvalue weighted by molar-refractivity contribution is 6.31. The Kier molecular flexibility index (Phi) is 4.11. The summed E-state index contributed by atoms with van der Waals surface area (Å²) in [6, 6.07) is 0. The van der Waals surface area contributed by atoms with Crippen molar-refractivity contribution < 1.29 is 0 Å². The number of hydrogen-bond acceptors (Lipinski definition) is 0. The zero-order chi connectivity index (χ0) is 6.41. The summed E-state index contributed by atoms with van der Waals surface area (Å²) in [5.74, 6) is 2.33. The highest BCUT2D eigenvalue weighted by atomic mass is 35.5. The molecule has 0 rings (SSSR count). The largest absolute Gasteiger partial charge is 0.115 e. The third-order valence-corrected chi connectivity index (χ3v) is 0.959. The molecule has 0 aromatic rings. The minimum Gasteiger partial charge on any atom is -0.115 e. The minimum absolute atomic E-state index is 0.669. The first-order valence-corrected chi connectivity index (χ1v) is 2.63. The maximum atomic E-state index is 5.52. The van der Waals surface area contributed by atoms with Crippen molar-refractivity contribution in [2.75, 3.05) is 0 Å². The second-order valence-electron chi connectivity index (χ2n) is 1.17. The smallest absolute Gasteiger partial charge is 0.0369 e. The number of halogens is 1. The van der Waals surface area contributed by atoms with Crippen LogP contribution in [0.4, 0.5) is 0 Å². The lowest BCUT2D eigenvalue weighted by atomic mass is 10.4. The monoisotopic (exact) mass is 126 g/mol. The SMILES string of the molecule is C#C/C=C\C(Cl)=C/C. The molecule has 0 spiro atoms. The third-order valence-electron chi connectivity index (χ3n) is 0.615. The van der Waals surface area contributed by atoms with Crippen molar-refractivity contribution in [1.29, 1.82) is 0 Å². The van der Waals surface area contributed by atoms with Crippen LogP contribution in [0.15, 0.2) is 23.3 Å². The highest BCUT2D eigenvalue weighted by Gasteiger charge is 1.74. The van der Waals surface area contributed by atoms with E-state index in [1.807, 2.05) is 6.92 Å². The van der Waals surface area contributed by atoms with Gasteiger partial charge in [-0.2, -0.15) is 0 Å². The summed E-state index contributed by atoms with van der Waals surface area (Å²) < 4.78 is 0. The molecule has 8 heavy (non-hydrogen) atoms. The third kappa shape index (κ3) is 3.52. The van der Waals surface area contributed by atoms with Crippen LogP contribution in [0.2, 0.25) is 0 Å². The van der Waals surface area contributed by atoms with Gasteiger partial charge in [0, 0.05) is 5.03 Å². The topological polar surface area (TPSA) is 0 Å². The lowest BCUT2D eigenvalue weighted by molar-refractivity contribution is 1.70. The van der Waals surface area contributed by atoms with Gasteiger partial charge in [0.1, 0.15) is 0 Å². The summed E-state index contributed by atoms with van der Waals surface area (Å²) >= 11 is 5.52. The van der Waals surface area contributed by atoms with Gasteiger partial charge in [-0.15, -0.1) is 6.42 Å². The first-order valence-electron chi connectivity index (χ1n) is 2.25. The van der Waals surface area contributed by atoms with Gasteiger partial charge in [-0.05, 0) is 19.1 Å². The maximum absolute atomic E-state index is 5.52. The van der Waals surface area contributed by atoms with Gasteiger partial charge in [0.25, 0.3) is 0 Å². The Hall–Kier alpha value is -0.670. The normalized spacial score (nSPS) is 11.9. The Morgan fingerprint density at radius 1 is 1.75 bits per heavy atom. The first-order chi connectivity index (χ1) is 3.81. The van der Waals surface area contributed by atoms with Crippen LogP contribution in [-0.2, 0) is 0 Å². The Labute approximate surface area is 54.9 Å². The fraction of sp³-hybridized carbons (Fsp3) is 0.143. The van der Waals surface area contributed by atoms with E-state index in [1.54, 1.807) is 18.2 Å². The molecule has 0 aliphatic rings. The summed E-state index contributed by atoms with van der Waals surface area (Å²) in [6.07, 6.45) is 9.91. The van der Waals surface area contributed by atoms with Crippen molar-refractivity contribution >= 4 is 11.6 Å². The summed E-state index contributed by atoms with van der Waals surface area (Å²) in [5, 5.41) is 0.669. The first kappa shape index (κ1) is 7.33. The molecule has 0 fully saturated rings. The molecule has 0 nitrogen and oxygen atoms in total. The summed E-state index contributed by atoms with van der Waals surface area (Å²) in [7, 11) is 0. The van der Waals surface area contributed by atoms with Crippen LogP contribution in [0, 0.1) is 12.3 Å². The van der Waals surface area contributed by atoms with Crippen molar-refractivity contribution in [3.63, 3.8) is 0 Å². The van der Waals surface area contributed by atoms with E-state index in [0.717, 1.165) is 0 Å². The van der Waals surface area contributed by atoms with E-state index in [-0.39, 0.29) is 0 Å². The van der Waals surface area contributed by atoms with E-state index in [9.17, 15) is 0 Å². The Balaban J connectivity index is 3.75. The predicted molar refractivity (Wildman–Crippen MR) is 37.6 cm³/mol. The van der Waals surface area contributed by atoms with Gasteiger partial charge in [0.05, 0.1) is 0 Å². The van der Waals surface area contributed by atoms with E-state index < -0.39 is 0 Å². The van der Waals surface area contributed by atoms with E-state index in [1.165, 1.54) is 0 Å². The average molecular weight is 127 g/mol. The van der Waals surface area contributed by atoms with Crippen LogP contribution >= 0.6 is 11.6 Å². The van der Waals surface area contributed by atoms with E-state index in [4.69, 9.17) is 18.0 Å². The molecule has 0 N–H and O–H groups in total. The van der Waals surface area contributed by atoms with Crippen LogP contribution in [0.3, 0.4) is 0 Å². The average Bonchev–Trinajstić information content (AvgIpc) is 1.83. The molecular weight excluding hydrogens is 120 g/mol. The van der Waals surface area contributed by atoms with E-state index >= 15 is 0 Å². The molecule has 0 saturated carbocycles. The van der Waals surface area contributed by atoms with E-state index in [0.29, 0.717) is 5.03 Å². The summed E-state index contributed by atoms with van der Waals surface area (Å²) in [5.41, 5.74) is 0. The molecule has 1 heteroatoms. The fourth-order valence-corrected chi connectivity index (χ4v) is 0.287. The van der Waals surface area contributed by atoms with E-state index in [2.05, 4.69) is 5.92 Å². The zero-order valence-electron chi connectivity index (χ0n) is 4.69. The fourth-order valence-electron chi connectivity index (χ4n) is 0.224. The molecule has 0 saturated heterocycles. The molecule has 0 radical (unpaired) electrons. The molecule has 42 valence electrons. The van der Waals surface area contributed by atoms with Gasteiger partial charge in [-0.25, -0.2) is 0 Å². The Morgan fingerprint density at radius 3 is 2.75 bits per heavy atom. The van der Waals surface area contributed by atoms with Crippen molar-refractivity contribution in [3.05, 3.63) is 23.3 Å². The van der Waals surface area contributed by atoms with Crippen molar-refractivity contribution in [1.82, 2.24) is 0 Å². The van der Waals surface area contributed by atoms with Gasteiger partial charge >= 0.3 is 0 Å². The van der Waals surface area contributed by atoms with Crippen molar-refractivity contribution in [2.45, 2.75) is 6.92 Å². The second kappa shape index (κ2) is 4.49. The molecule has 0 unspecified atom stereocenters. The second-order valence-corrected chi connectivity index (χ2v) is 1.61. The Bertz CT molecular complexity index is 146. The number of terminal acetylenes is 1. The number of rotatable bonds is 1. The summed E-state index contributed by atoms with van der Waals surface area (Å²) in [6.45, 7) is 1.85. The van der Waals surface area contributed by atoms with Crippen LogP contribution in [0.25, 0.3) is 0 Å². The van der Waals surface area contributed by atoms with Gasteiger partial charge in [-0.3, -0.25) is 0 Å². The molecule has 0 bridgehead atoms. The minimum atomic E-state index is 0.669. The lowest BCUT2D eigenvalue weighted by Gasteiger charge is -1.77. The standard InChI is InChI=1S/C7H7Cl/c1-3-5-6-7(8)4-2/h1,4-6H,2H3/b6-5-,7-4+. The summed E-state index contributed by atoms with van der Waals surface area (Å²) in [4.78, 5) is 0. The quantitative estimate of drug-likeness (QED) is 0.374.